The lowest BCUT2D eigenvalue weighted by Crippen LogP contribution is -2.50. The second-order valence-electron chi connectivity index (χ2n) is 12.1. The topological polar surface area (TPSA) is 89.5 Å². The molecule has 0 N–H and O–H groups in total. The van der Waals surface area contributed by atoms with Crippen molar-refractivity contribution in [2.24, 2.45) is 0 Å². The van der Waals surface area contributed by atoms with Gasteiger partial charge in [0.15, 0.2) is 5.82 Å². The number of anilines is 2. The summed E-state index contributed by atoms with van der Waals surface area (Å²) in [4.78, 5) is 51.1. The molecule has 0 aliphatic carbocycles. The van der Waals surface area contributed by atoms with E-state index < -0.39 is 41.1 Å². The summed E-state index contributed by atoms with van der Waals surface area (Å²) >= 11 is 5.91. The molecule has 2 saturated heterocycles. The number of aryl methyl sites for hydroxylation is 1. The smallest absolute Gasteiger partial charge is 0.416 e. The van der Waals surface area contributed by atoms with Crippen molar-refractivity contribution in [2.45, 2.75) is 51.9 Å². The zero-order chi connectivity index (χ0) is 33.3. The number of hydrogen-bond donors (Lipinski definition) is 0. The van der Waals surface area contributed by atoms with Crippen LogP contribution in [0.2, 0.25) is 5.02 Å². The number of ether oxygens (including phenoxy) is 1. The van der Waals surface area contributed by atoms with Gasteiger partial charge >= 0.3 is 18.3 Å². The number of halogens is 5. The van der Waals surface area contributed by atoms with Crippen molar-refractivity contribution >= 4 is 41.1 Å². The Kier molecular flexibility index (Phi) is 10.2. The molecular weight excluding hydrogens is 620 g/mol. The molecule has 10 nitrogen and oxygen atoms in total. The maximum absolute atomic E-state index is 14.8. The van der Waals surface area contributed by atoms with Gasteiger partial charge < -0.3 is 19.4 Å². The standard InChI is InChI=1S/C30H37ClF4N6O4/c1-19-16-20(30(33,34)35)17-24(36-19)41-23(26(42)37(5)22-9-6-8-21(31)25(22)32)18-40(27(41)43)11-7-10-38-12-14-39(15-13-38)28(44)45-29(2,3)4/h6,8-9,16-17,23H,7,10-15,18H2,1-5H3. The summed E-state index contributed by atoms with van der Waals surface area (Å²) in [6.45, 7) is 9.58. The predicted molar refractivity (Wildman–Crippen MR) is 161 cm³/mol. The number of nitrogens with zero attached hydrogens (tertiary/aromatic N) is 6. The van der Waals surface area contributed by atoms with Crippen molar-refractivity contribution in [1.82, 2.24) is 19.7 Å². The van der Waals surface area contributed by atoms with Crippen LogP contribution in [0.4, 0.5) is 38.7 Å². The number of carbonyl (C=O) groups excluding carboxylic acids is 3. The number of hydrogen-bond acceptors (Lipinski definition) is 6. The number of rotatable bonds is 7. The van der Waals surface area contributed by atoms with E-state index in [1.54, 1.807) is 25.7 Å². The van der Waals surface area contributed by atoms with Gasteiger partial charge in [0.25, 0.3) is 5.91 Å². The van der Waals surface area contributed by atoms with Crippen LogP contribution in [0, 0.1) is 12.7 Å². The van der Waals surface area contributed by atoms with E-state index >= 15 is 0 Å². The average Bonchev–Trinajstić information content (AvgIpc) is 3.28. The Bertz CT molecular complexity index is 1430. The molecule has 2 fully saturated rings. The second kappa shape index (κ2) is 13.4. The fourth-order valence-electron chi connectivity index (χ4n) is 5.28. The summed E-state index contributed by atoms with van der Waals surface area (Å²) in [7, 11) is 1.31. The number of carbonyl (C=O) groups is 3. The van der Waals surface area contributed by atoms with Crippen LogP contribution >= 0.6 is 11.6 Å². The van der Waals surface area contributed by atoms with E-state index in [1.807, 2.05) is 0 Å². The Balaban J connectivity index is 1.49. The zero-order valence-corrected chi connectivity index (χ0v) is 26.6. The van der Waals surface area contributed by atoms with Gasteiger partial charge in [0.1, 0.15) is 17.5 Å². The number of alkyl halides is 3. The van der Waals surface area contributed by atoms with E-state index in [2.05, 4.69) is 9.88 Å². The van der Waals surface area contributed by atoms with Gasteiger partial charge in [0.05, 0.1) is 22.8 Å². The monoisotopic (exact) mass is 656 g/mol. The first kappa shape index (κ1) is 34.2. The largest absolute Gasteiger partial charge is 0.444 e. The van der Waals surface area contributed by atoms with E-state index in [1.165, 1.54) is 37.1 Å². The molecule has 2 aliphatic heterocycles. The molecule has 4 rings (SSSR count). The van der Waals surface area contributed by atoms with Crippen molar-refractivity contribution < 1.29 is 36.7 Å². The molecule has 246 valence electrons. The molecule has 0 radical (unpaired) electrons. The van der Waals surface area contributed by atoms with Gasteiger partial charge in [-0.2, -0.15) is 13.2 Å². The minimum absolute atomic E-state index is 0.0111. The van der Waals surface area contributed by atoms with Crippen LogP contribution in [0.3, 0.4) is 0 Å². The Labute approximate surface area is 264 Å². The number of aromatic nitrogens is 1. The van der Waals surface area contributed by atoms with Gasteiger partial charge in [-0.3, -0.25) is 14.6 Å². The Morgan fingerprint density at radius 2 is 1.76 bits per heavy atom. The highest BCUT2D eigenvalue weighted by molar-refractivity contribution is 6.31. The highest BCUT2D eigenvalue weighted by Crippen LogP contribution is 2.34. The van der Waals surface area contributed by atoms with Gasteiger partial charge in [-0.1, -0.05) is 17.7 Å². The Morgan fingerprint density at radius 1 is 1.09 bits per heavy atom. The number of likely N-dealkylation sites (N-methyl/N-ethyl adjacent to an activating group) is 1. The molecule has 0 saturated carbocycles. The van der Waals surface area contributed by atoms with Gasteiger partial charge in [-0.25, -0.2) is 19.0 Å². The maximum Gasteiger partial charge on any atom is 0.416 e. The zero-order valence-electron chi connectivity index (χ0n) is 25.8. The molecule has 15 heteroatoms. The van der Waals surface area contributed by atoms with E-state index in [4.69, 9.17) is 16.3 Å². The molecule has 1 aromatic heterocycles. The minimum Gasteiger partial charge on any atom is -0.444 e. The van der Waals surface area contributed by atoms with E-state index in [9.17, 15) is 31.9 Å². The van der Waals surface area contributed by atoms with Gasteiger partial charge in [0.2, 0.25) is 0 Å². The lowest BCUT2D eigenvalue weighted by Gasteiger charge is -2.35. The second-order valence-corrected chi connectivity index (χ2v) is 12.5. The molecule has 2 aliphatic rings. The molecule has 1 unspecified atom stereocenters. The van der Waals surface area contributed by atoms with Gasteiger partial charge in [-0.15, -0.1) is 0 Å². The summed E-state index contributed by atoms with van der Waals surface area (Å²) in [5.41, 5.74) is -1.74. The average molecular weight is 657 g/mol. The van der Waals surface area contributed by atoms with Crippen molar-refractivity contribution in [3.8, 4) is 0 Å². The number of urea groups is 1. The first-order chi connectivity index (χ1) is 21.0. The van der Waals surface area contributed by atoms with Crippen LogP contribution < -0.4 is 9.80 Å². The Hall–Kier alpha value is -3.65. The quantitative estimate of drug-likeness (QED) is 0.370. The number of amides is 4. The van der Waals surface area contributed by atoms with Crippen molar-refractivity contribution in [3.05, 3.63) is 52.4 Å². The highest BCUT2D eigenvalue weighted by atomic mass is 35.5. The van der Waals surface area contributed by atoms with Crippen molar-refractivity contribution in [2.75, 3.05) is 62.7 Å². The van der Waals surface area contributed by atoms with Crippen LogP contribution in [-0.2, 0) is 15.7 Å². The Morgan fingerprint density at radius 3 is 2.38 bits per heavy atom. The van der Waals surface area contributed by atoms with E-state index in [0.29, 0.717) is 39.1 Å². The minimum atomic E-state index is -4.71. The fraction of sp³-hybridized carbons (Fsp3) is 0.533. The molecule has 0 spiro atoms. The van der Waals surface area contributed by atoms with Crippen LogP contribution in [-0.4, -0.2) is 102 Å². The summed E-state index contributed by atoms with van der Waals surface area (Å²) in [5, 5.41) is -0.213. The third-order valence-electron chi connectivity index (χ3n) is 7.53. The third-order valence-corrected chi connectivity index (χ3v) is 7.82. The summed E-state index contributed by atoms with van der Waals surface area (Å²) in [6.07, 6.45) is -4.58. The van der Waals surface area contributed by atoms with E-state index in [0.717, 1.165) is 21.9 Å². The SMILES string of the molecule is Cc1cc(C(F)(F)F)cc(N2C(=O)N(CCCN3CCN(C(=O)OC(C)(C)C)CC3)CC2C(=O)N(C)c2cccc(Cl)c2F)n1. The molecule has 1 aromatic carbocycles. The third kappa shape index (κ3) is 8.15. The summed E-state index contributed by atoms with van der Waals surface area (Å²) in [5.74, 6) is -1.89. The molecule has 4 amide bonds. The molecule has 2 aromatic rings. The highest BCUT2D eigenvalue weighted by Gasteiger charge is 2.45. The number of piperazine rings is 1. The van der Waals surface area contributed by atoms with Gasteiger partial charge in [0, 0.05) is 45.5 Å². The van der Waals surface area contributed by atoms with Crippen LogP contribution in [0.15, 0.2) is 30.3 Å². The normalized spacial score (nSPS) is 18.0. The maximum atomic E-state index is 14.8. The lowest BCUT2D eigenvalue weighted by molar-refractivity contribution is -0.137. The predicted octanol–water partition coefficient (Wildman–Crippen LogP) is 5.42. The summed E-state index contributed by atoms with van der Waals surface area (Å²) < 4.78 is 61.3. The van der Waals surface area contributed by atoms with E-state index in [-0.39, 0.29) is 41.4 Å². The number of benzene rings is 1. The number of pyridine rings is 1. The molecule has 0 bridgehead atoms. The summed E-state index contributed by atoms with van der Waals surface area (Å²) in [6, 6.07) is 3.74. The van der Waals surface area contributed by atoms with Crippen molar-refractivity contribution in [3.63, 3.8) is 0 Å². The van der Waals surface area contributed by atoms with Crippen LogP contribution in [0.5, 0.6) is 0 Å². The van der Waals surface area contributed by atoms with Crippen LogP contribution in [0.25, 0.3) is 0 Å². The van der Waals surface area contributed by atoms with Crippen LogP contribution in [0.1, 0.15) is 38.4 Å². The lowest BCUT2D eigenvalue weighted by atomic mass is 10.1. The first-order valence-corrected chi connectivity index (χ1v) is 14.9. The molecule has 3 heterocycles. The first-order valence-electron chi connectivity index (χ1n) is 14.5. The molecular formula is C30H37ClF4N6O4. The van der Waals surface area contributed by atoms with Gasteiger partial charge in [-0.05, 0) is 64.9 Å². The van der Waals surface area contributed by atoms with Crippen molar-refractivity contribution in [1.29, 1.82) is 0 Å². The molecule has 1 atom stereocenters. The molecule has 45 heavy (non-hydrogen) atoms. The fourth-order valence-corrected chi connectivity index (χ4v) is 5.45.